The maximum Gasteiger partial charge on any atom is 0.267 e. The van der Waals surface area contributed by atoms with Crippen LogP contribution in [0.3, 0.4) is 0 Å². The van der Waals surface area contributed by atoms with Crippen molar-refractivity contribution in [3.8, 4) is 17.2 Å². The standard InChI is InChI=1S/C16H14Cl2N4O3/c1-24-13-6-9-12(7-14(13)25-2)20-16(21-19)22(15(9)23)8-3-4-10(17)11(18)5-8/h3-7H,19H2,1-2H3,(H,20,21). The maximum absolute atomic E-state index is 13.0. The van der Waals surface area contributed by atoms with E-state index in [1.165, 1.54) is 18.8 Å². The Morgan fingerprint density at radius 2 is 1.76 bits per heavy atom. The number of halogens is 2. The predicted octanol–water partition coefficient (Wildman–Crippen LogP) is 3.00. The third-order valence-corrected chi connectivity index (χ3v) is 4.40. The van der Waals surface area contributed by atoms with Crippen LogP contribution in [-0.2, 0) is 0 Å². The first-order chi connectivity index (χ1) is 12.0. The molecule has 2 aromatic carbocycles. The fourth-order valence-corrected chi connectivity index (χ4v) is 2.77. The van der Waals surface area contributed by atoms with Crippen molar-refractivity contribution in [3.05, 3.63) is 50.7 Å². The largest absolute Gasteiger partial charge is 0.493 e. The normalized spacial score (nSPS) is 10.8. The van der Waals surface area contributed by atoms with Gasteiger partial charge in [0, 0.05) is 6.07 Å². The monoisotopic (exact) mass is 380 g/mol. The van der Waals surface area contributed by atoms with Crippen LogP contribution in [0.15, 0.2) is 35.1 Å². The molecule has 1 heterocycles. The minimum Gasteiger partial charge on any atom is -0.493 e. The van der Waals surface area contributed by atoms with Crippen molar-refractivity contribution in [2.24, 2.45) is 5.84 Å². The van der Waals surface area contributed by atoms with Crippen LogP contribution >= 0.6 is 23.2 Å². The van der Waals surface area contributed by atoms with Gasteiger partial charge >= 0.3 is 0 Å². The Balaban J connectivity index is 2.36. The molecule has 0 radical (unpaired) electrons. The lowest BCUT2D eigenvalue weighted by Crippen LogP contribution is -2.26. The fourth-order valence-electron chi connectivity index (χ4n) is 2.47. The number of anilines is 1. The maximum atomic E-state index is 13.0. The minimum atomic E-state index is -0.350. The molecule has 0 aliphatic heterocycles. The van der Waals surface area contributed by atoms with Gasteiger partial charge in [0.15, 0.2) is 11.5 Å². The summed E-state index contributed by atoms with van der Waals surface area (Å²) in [5.41, 5.74) is 2.96. The van der Waals surface area contributed by atoms with Crippen LogP contribution in [-0.4, -0.2) is 23.8 Å². The summed E-state index contributed by atoms with van der Waals surface area (Å²) in [6, 6.07) is 7.96. The van der Waals surface area contributed by atoms with Crippen molar-refractivity contribution in [2.45, 2.75) is 0 Å². The number of nitrogens with zero attached hydrogens (tertiary/aromatic N) is 2. The molecule has 0 bridgehead atoms. The highest BCUT2D eigenvalue weighted by molar-refractivity contribution is 6.42. The van der Waals surface area contributed by atoms with Gasteiger partial charge in [0.1, 0.15) is 0 Å². The van der Waals surface area contributed by atoms with Crippen molar-refractivity contribution in [1.82, 2.24) is 9.55 Å². The van der Waals surface area contributed by atoms with E-state index in [0.717, 1.165) is 0 Å². The van der Waals surface area contributed by atoms with E-state index in [0.29, 0.717) is 38.1 Å². The molecule has 0 unspecified atom stereocenters. The van der Waals surface area contributed by atoms with Crippen LogP contribution in [0.4, 0.5) is 5.95 Å². The lowest BCUT2D eigenvalue weighted by molar-refractivity contribution is 0.355. The molecular weight excluding hydrogens is 367 g/mol. The molecule has 3 aromatic rings. The van der Waals surface area contributed by atoms with Crippen LogP contribution in [0.2, 0.25) is 10.0 Å². The van der Waals surface area contributed by atoms with E-state index in [9.17, 15) is 4.79 Å². The highest BCUT2D eigenvalue weighted by Crippen LogP contribution is 2.31. The Morgan fingerprint density at radius 1 is 1.08 bits per heavy atom. The summed E-state index contributed by atoms with van der Waals surface area (Å²) < 4.78 is 11.8. The second-order valence-corrected chi connectivity index (χ2v) is 5.86. The van der Waals surface area contributed by atoms with Gasteiger partial charge in [-0.2, -0.15) is 0 Å². The van der Waals surface area contributed by atoms with Gasteiger partial charge in [-0.25, -0.2) is 15.4 Å². The van der Waals surface area contributed by atoms with E-state index in [1.54, 1.807) is 30.3 Å². The molecule has 25 heavy (non-hydrogen) atoms. The quantitative estimate of drug-likeness (QED) is 0.533. The zero-order valence-corrected chi connectivity index (χ0v) is 14.9. The van der Waals surface area contributed by atoms with Crippen LogP contribution in [0.25, 0.3) is 16.6 Å². The number of nitrogens with one attached hydrogen (secondary N) is 1. The molecule has 0 amide bonds. The average Bonchev–Trinajstić information content (AvgIpc) is 2.62. The second kappa shape index (κ2) is 6.79. The molecule has 3 N–H and O–H groups in total. The van der Waals surface area contributed by atoms with Crippen LogP contribution < -0.4 is 26.3 Å². The van der Waals surface area contributed by atoms with Gasteiger partial charge < -0.3 is 9.47 Å². The van der Waals surface area contributed by atoms with Crippen LogP contribution in [0, 0.1) is 0 Å². The first kappa shape index (κ1) is 17.3. The van der Waals surface area contributed by atoms with Crippen LogP contribution in [0.1, 0.15) is 0 Å². The third kappa shape index (κ3) is 2.97. The van der Waals surface area contributed by atoms with Crippen molar-refractivity contribution in [3.63, 3.8) is 0 Å². The third-order valence-electron chi connectivity index (χ3n) is 3.66. The molecule has 3 rings (SSSR count). The molecule has 7 nitrogen and oxygen atoms in total. The smallest absolute Gasteiger partial charge is 0.267 e. The number of hydrogen-bond acceptors (Lipinski definition) is 6. The van der Waals surface area contributed by atoms with E-state index < -0.39 is 0 Å². The Kier molecular flexibility index (Phi) is 4.71. The number of benzene rings is 2. The summed E-state index contributed by atoms with van der Waals surface area (Å²) in [5.74, 6) is 6.57. The highest BCUT2D eigenvalue weighted by atomic mass is 35.5. The first-order valence-corrected chi connectivity index (χ1v) is 7.86. The summed E-state index contributed by atoms with van der Waals surface area (Å²) >= 11 is 12.0. The Hall–Kier alpha value is -2.48. The SMILES string of the molecule is COc1cc2nc(NN)n(-c3ccc(Cl)c(Cl)c3)c(=O)c2cc1OC. The molecule has 1 aromatic heterocycles. The lowest BCUT2D eigenvalue weighted by Gasteiger charge is -2.15. The summed E-state index contributed by atoms with van der Waals surface area (Å²) in [4.78, 5) is 17.4. The summed E-state index contributed by atoms with van der Waals surface area (Å²) in [5, 5.41) is 1.02. The zero-order chi connectivity index (χ0) is 18.1. The zero-order valence-electron chi connectivity index (χ0n) is 13.3. The summed E-state index contributed by atoms with van der Waals surface area (Å²) in [6.45, 7) is 0. The molecule has 0 saturated heterocycles. The number of hydrazine groups is 1. The number of rotatable bonds is 4. The Labute approximate surface area is 152 Å². The Bertz CT molecular complexity index is 1020. The summed E-state index contributed by atoms with van der Waals surface area (Å²) in [7, 11) is 2.99. The number of nitrogens with two attached hydrogens (primary N) is 1. The van der Waals surface area contributed by atoms with Gasteiger partial charge in [0.05, 0.1) is 40.9 Å². The van der Waals surface area contributed by atoms with Crippen molar-refractivity contribution >= 4 is 40.1 Å². The topological polar surface area (TPSA) is 91.4 Å². The van der Waals surface area contributed by atoms with Crippen LogP contribution in [0.5, 0.6) is 11.5 Å². The molecular formula is C16H14Cl2N4O3. The van der Waals surface area contributed by atoms with E-state index in [4.69, 9.17) is 38.5 Å². The van der Waals surface area contributed by atoms with E-state index in [2.05, 4.69) is 10.4 Å². The van der Waals surface area contributed by atoms with Gasteiger partial charge in [-0.3, -0.25) is 10.2 Å². The highest BCUT2D eigenvalue weighted by Gasteiger charge is 2.16. The fraction of sp³-hybridized carbons (Fsp3) is 0.125. The molecule has 0 fully saturated rings. The van der Waals surface area contributed by atoms with Gasteiger partial charge in [0.25, 0.3) is 5.56 Å². The number of ether oxygens (including phenoxy) is 2. The summed E-state index contributed by atoms with van der Waals surface area (Å²) in [6.07, 6.45) is 0. The van der Waals surface area contributed by atoms with Gasteiger partial charge in [-0.15, -0.1) is 0 Å². The predicted molar refractivity (Wildman–Crippen MR) is 98.3 cm³/mol. The van der Waals surface area contributed by atoms with Gasteiger partial charge in [0.2, 0.25) is 5.95 Å². The molecule has 0 aliphatic rings. The number of nitrogen functional groups attached to an aromatic ring is 1. The number of aromatic nitrogens is 2. The number of methoxy groups -OCH3 is 2. The van der Waals surface area contributed by atoms with Crippen molar-refractivity contribution < 1.29 is 9.47 Å². The number of hydrogen-bond donors (Lipinski definition) is 2. The molecule has 0 spiro atoms. The molecule has 130 valence electrons. The van der Waals surface area contributed by atoms with E-state index in [1.807, 2.05) is 0 Å². The van der Waals surface area contributed by atoms with E-state index >= 15 is 0 Å². The average molecular weight is 381 g/mol. The Morgan fingerprint density at radius 3 is 2.36 bits per heavy atom. The van der Waals surface area contributed by atoms with Gasteiger partial charge in [-0.05, 0) is 24.3 Å². The second-order valence-electron chi connectivity index (χ2n) is 5.04. The first-order valence-electron chi connectivity index (χ1n) is 7.11. The van der Waals surface area contributed by atoms with Gasteiger partial charge in [-0.1, -0.05) is 23.2 Å². The number of fused-ring (bicyclic) bond motifs is 1. The minimum absolute atomic E-state index is 0.142. The van der Waals surface area contributed by atoms with Crippen molar-refractivity contribution in [1.29, 1.82) is 0 Å². The molecule has 9 heteroatoms. The van der Waals surface area contributed by atoms with E-state index in [-0.39, 0.29) is 11.5 Å². The molecule has 0 atom stereocenters. The molecule has 0 saturated carbocycles. The molecule has 0 aliphatic carbocycles. The lowest BCUT2D eigenvalue weighted by atomic mass is 10.2. The van der Waals surface area contributed by atoms with Crippen molar-refractivity contribution in [2.75, 3.05) is 19.6 Å².